The standard InChI is InChI=1S/C25H28N4O5/c1-27-24(32)28(23(31)25(27)12-4-3-5-13-25)16-22(30)29-20(21-7-6-14-34-21)15-19(26-29)17-8-10-18(33-2)11-9-17/h6-11,14,20H,3-5,12-13,15-16H2,1-2H3. The van der Waals surface area contributed by atoms with Gasteiger partial charge in [-0.05, 0) is 54.8 Å². The van der Waals surface area contributed by atoms with E-state index in [9.17, 15) is 14.4 Å². The molecule has 1 unspecified atom stereocenters. The minimum atomic E-state index is -0.821. The molecule has 4 amide bonds. The maximum atomic E-state index is 13.4. The topological polar surface area (TPSA) is 95.7 Å². The van der Waals surface area contributed by atoms with E-state index in [1.54, 1.807) is 32.6 Å². The lowest BCUT2D eigenvalue weighted by Crippen LogP contribution is -2.49. The number of hydrogen-bond donors (Lipinski definition) is 0. The molecule has 9 heteroatoms. The van der Waals surface area contributed by atoms with Gasteiger partial charge in [-0.25, -0.2) is 9.80 Å². The van der Waals surface area contributed by atoms with Crippen LogP contribution in [0.15, 0.2) is 52.2 Å². The number of furan rings is 1. The zero-order valence-electron chi connectivity index (χ0n) is 19.4. The van der Waals surface area contributed by atoms with Crippen molar-refractivity contribution in [1.82, 2.24) is 14.8 Å². The van der Waals surface area contributed by atoms with Crippen LogP contribution in [0, 0.1) is 0 Å². The molecule has 1 saturated carbocycles. The SMILES string of the molecule is COc1ccc(C2=NN(C(=O)CN3C(=O)N(C)C4(CCCCC4)C3=O)C(c3ccco3)C2)cc1. The number of benzene rings is 1. The van der Waals surface area contributed by atoms with Crippen molar-refractivity contribution in [3.05, 3.63) is 54.0 Å². The number of likely N-dealkylation sites (N-methyl/N-ethyl adjacent to an activating group) is 1. The van der Waals surface area contributed by atoms with Gasteiger partial charge in [0.15, 0.2) is 0 Å². The summed E-state index contributed by atoms with van der Waals surface area (Å²) in [5, 5.41) is 5.96. The van der Waals surface area contributed by atoms with E-state index >= 15 is 0 Å². The number of carbonyl (C=O) groups excluding carboxylic acids is 3. The second-order valence-corrected chi connectivity index (χ2v) is 9.07. The second-order valence-electron chi connectivity index (χ2n) is 9.07. The first-order chi connectivity index (χ1) is 16.4. The van der Waals surface area contributed by atoms with Gasteiger partial charge in [0.25, 0.3) is 11.8 Å². The maximum Gasteiger partial charge on any atom is 0.327 e. The van der Waals surface area contributed by atoms with E-state index in [4.69, 9.17) is 9.15 Å². The number of methoxy groups -OCH3 is 1. The van der Waals surface area contributed by atoms with Gasteiger partial charge in [0.05, 0.1) is 19.1 Å². The lowest BCUT2D eigenvalue weighted by Gasteiger charge is -2.35. The van der Waals surface area contributed by atoms with Crippen molar-refractivity contribution in [2.45, 2.75) is 50.1 Å². The van der Waals surface area contributed by atoms with E-state index in [0.717, 1.165) is 41.2 Å². The predicted octanol–water partition coefficient (Wildman–Crippen LogP) is 3.56. The molecule has 1 atom stereocenters. The van der Waals surface area contributed by atoms with Gasteiger partial charge in [-0.3, -0.25) is 14.5 Å². The molecule has 34 heavy (non-hydrogen) atoms. The Morgan fingerprint density at radius 1 is 1.15 bits per heavy atom. The monoisotopic (exact) mass is 464 g/mol. The van der Waals surface area contributed by atoms with Gasteiger partial charge < -0.3 is 14.1 Å². The Kier molecular flexibility index (Phi) is 5.63. The molecule has 5 rings (SSSR count). The van der Waals surface area contributed by atoms with Crippen LogP contribution in [0.4, 0.5) is 4.79 Å². The van der Waals surface area contributed by atoms with Gasteiger partial charge in [0.2, 0.25) is 0 Å². The number of hydrazone groups is 1. The number of imide groups is 1. The molecule has 3 heterocycles. The molecule has 3 aliphatic rings. The van der Waals surface area contributed by atoms with E-state index in [0.29, 0.717) is 25.0 Å². The van der Waals surface area contributed by atoms with E-state index in [2.05, 4.69) is 5.10 Å². The predicted molar refractivity (Wildman–Crippen MR) is 123 cm³/mol. The maximum absolute atomic E-state index is 13.4. The Hall–Kier alpha value is -3.62. The molecule has 178 valence electrons. The number of ether oxygens (including phenoxy) is 1. The van der Waals surface area contributed by atoms with Crippen LogP contribution in [0.5, 0.6) is 5.75 Å². The summed E-state index contributed by atoms with van der Waals surface area (Å²) in [6.07, 6.45) is 6.13. The number of urea groups is 1. The highest BCUT2D eigenvalue weighted by Gasteiger charge is 2.56. The summed E-state index contributed by atoms with van der Waals surface area (Å²) in [5.74, 6) is 0.624. The lowest BCUT2D eigenvalue weighted by molar-refractivity contribution is -0.141. The summed E-state index contributed by atoms with van der Waals surface area (Å²) in [7, 11) is 3.27. The van der Waals surface area contributed by atoms with Crippen LogP contribution in [-0.2, 0) is 9.59 Å². The fraction of sp³-hybridized carbons (Fsp3) is 0.440. The van der Waals surface area contributed by atoms with E-state index in [1.807, 2.05) is 24.3 Å². The highest BCUT2D eigenvalue weighted by atomic mass is 16.5. The number of rotatable bonds is 5. The summed E-state index contributed by atoms with van der Waals surface area (Å²) in [4.78, 5) is 42.4. The third kappa shape index (κ3) is 3.55. The molecular formula is C25H28N4O5. The molecule has 9 nitrogen and oxygen atoms in total. The Morgan fingerprint density at radius 2 is 1.88 bits per heavy atom. The van der Waals surface area contributed by atoms with Gasteiger partial charge in [-0.1, -0.05) is 19.3 Å². The first kappa shape index (κ1) is 22.2. The average Bonchev–Trinajstić information content (AvgIpc) is 3.59. The second kappa shape index (κ2) is 8.62. The number of carbonyl (C=O) groups is 3. The van der Waals surface area contributed by atoms with Crippen molar-refractivity contribution in [3.8, 4) is 5.75 Å². The summed E-state index contributed by atoms with van der Waals surface area (Å²) >= 11 is 0. The van der Waals surface area contributed by atoms with E-state index < -0.39 is 23.5 Å². The quantitative estimate of drug-likeness (QED) is 0.631. The largest absolute Gasteiger partial charge is 0.497 e. The van der Waals surface area contributed by atoms with Crippen LogP contribution >= 0.6 is 0 Å². The molecule has 0 bridgehead atoms. The third-order valence-electron chi connectivity index (χ3n) is 7.24. The summed E-state index contributed by atoms with van der Waals surface area (Å²) in [6, 6.07) is 10.1. The summed E-state index contributed by atoms with van der Waals surface area (Å²) < 4.78 is 10.8. The van der Waals surface area contributed by atoms with Crippen LogP contribution in [0.2, 0.25) is 0 Å². The first-order valence-electron chi connectivity index (χ1n) is 11.6. The Labute approximate surface area is 197 Å². The van der Waals surface area contributed by atoms with Crippen LogP contribution in [-0.4, -0.2) is 64.6 Å². The van der Waals surface area contributed by atoms with Crippen LogP contribution in [0.3, 0.4) is 0 Å². The van der Waals surface area contributed by atoms with Crippen molar-refractivity contribution >= 4 is 23.6 Å². The first-order valence-corrected chi connectivity index (χ1v) is 11.6. The average molecular weight is 465 g/mol. The molecule has 2 aliphatic heterocycles. The zero-order valence-corrected chi connectivity index (χ0v) is 19.4. The van der Waals surface area contributed by atoms with Gasteiger partial charge >= 0.3 is 6.03 Å². The van der Waals surface area contributed by atoms with E-state index in [1.165, 1.54) is 9.91 Å². The number of hydrogen-bond acceptors (Lipinski definition) is 6. The number of amides is 4. The fourth-order valence-electron chi connectivity index (χ4n) is 5.28. The molecular weight excluding hydrogens is 436 g/mol. The van der Waals surface area contributed by atoms with E-state index in [-0.39, 0.29) is 12.5 Å². The smallest absolute Gasteiger partial charge is 0.327 e. The zero-order chi connectivity index (χ0) is 23.9. The van der Waals surface area contributed by atoms with Gasteiger partial charge in [0.1, 0.15) is 29.6 Å². The van der Waals surface area contributed by atoms with Crippen molar-refractivity contribution in [3.63, 3.8) is 0 Å². The van der Waals surface area contributed by atoms with Gasteiger partial charge in [0, 0.05) is 13.5 Å². The van der Waals surface area contributed by atoms with Crippen LogP contribution in [0.1, 0.15) is 55.9 Å². The normalized spacial score (nSPS) is 22.0. The Balaban J connectivity index is 1.40. The molecule has 1 saturated heterocycles. The van der Waals surface area contributed by atoms with Crippen molar-refractivity contribution in [1.29, 1.82) is 0 Å². The Bertz CT molecular complexity index is 1120. The van der Waals surface area contributed by atoms with Gasteiger partial charge in [-0.2, -0.15) is 5.10 Å². The molecule has 0 N–H and O–H groups in total. The molecule has 1 aromatic heterocycles. The molecule has 0 radical (unpaired) electrons. The molecule has 1 aromatic carbocycles. The van der Waals surface area contributed by atoms with Crippen molar-refractivity contribution in [2.75, 3.05) is 20.7 Å². The molecule has 2 aromatic rings. The van der Waals surface area contributed by atoms with Crippen LogP contribution in [0.25, 0.3) is 0 Å². The third-order valence-corrected chi connectivity index (χ3v) is 7.24. The summed E-state index contributed by atoms with van der Waals surface area (Å²) in [6.45, 7) is -0.347. The Morgan fingerprint density at radius 3 is 2.53 bits per heavy atom. The number of nitrogens with zero attached hydrogens (tertiary/aromatic N) is 4. The van der Waals surface area contributed by atoms with Crippen molar-refractivity contribution in [2.24, 2.45) is 5.10 Å². The fourth-order valence-corrected chi connectivity index (χ4v) is 5.28. The van der Waals surface area contributed by atoms with Gasteiger partial charge in [-0.15, -0.1) is 0 Å². The minimum absolute atomic E-state index is 0.277. The molecule has 2 fully saturated rings. The molecule has 1 spiro atoms. The minimum Gasteiger partial charge on any atom is -0.497 e. The van der Waals surface area contributed by atoms with Crippen LogP contribution < -0.4 is 4.74 Å². The summed E-state index contributed by atoms with van der Waals surface area (Å²) in [5.41, 5.74) is 0.762. The lowest BCUT2D eigenvalue weighted by atomic mass is 9.81. The van der Waals surface area contributed by atoms with Crippen molar-refractivity contribution < 1.29 is 23.5 Å². The highest BCUT2D eigenvalue weighted by molar-refractivity contribution is 6.09. The highest BCUT2D eigenvalue weighted by Crippen LogP contribution is 2.40. The molecule has 1 aliphatic carbocycles.